The van der Waals surface area contributed by atoms with E-state index in [1.807, 2.05) is 12.1 Å². The summed E-state index contributed by atoms with van der Waals surface area (Å²) in [5.74, 6) is 2.10. The molecule has 0 saturated heterocycles. The zero-order valence-electron chi connectivity index (χ0n) is 12.1. The van der Waals surface area contributed by atoms with E-state index in [0.717, 1.165) is 5.75 Å². The second kappa shape index (κ2) is 6.89. The molecule has 0 aliphatic heterocycles. The second-order valence-electron chi connectivity index (χ2n) is 4.59. The van der Waals surface area contributed by atoms with Crippen LogP contribution in [-0.2, 0) is 6.61 Å². The number of aromatic nitrogens is 2. The zero-order chi connectivity index (χ0) is 16.2. The third kappa shape index (κ3) is 3.75. The molecule has 0 radical (unpaired) electrons. The fraction of sp³-hybridized carbons (Fsp3) is 0.125. The Morgan fingerprint density at radius 2 is 1.74 bits per heavy atom. The van der Waals surface area contributed by atoms with Crippen molar-refractivity contribution >= 4 is 23.2 Å². The van der Waals surface area contributed by atoms with Crippen molar-refractivity contribution in [3.05, 3.63) is 58.4 Å². The highest BCUT2D eigenvalue weighted by Gasteiger charge is 2.12. The molecular formula is C16H12Cl2N2O3. The van der Waals surface area contributed by atoms with Crippen LogP contribution in [0.2, 0.25) is 10.0 Å². The molecular weight excluding hydrogens is 339 g/mol. The van der Waals surface area contributed by atoms with Gasteiger partial charge in [-0.2, -0.15) is 0 Å². The average molecular weight is 351 g/mol. The van der Waals surface area contributed by atoms with E-state index in [2.05, 4.69) is 10.2 Å². The molecule has 0 unspecified atom stereocenters. The molecule has 1 aromatic heterocycles. The van der Waals surface area contributed by atoms with Crippen LogP contribution in [0, 0.1) is 0 Å². The molecule has 118 valence electrons. The van der Waals surface area contributed by atoms with Gasteiger partial charge < -0.3 is 13.9 Å². The Morgan fingerprint density at radius 3 is 2.43 bits per heavy atom. The number of benzene rings is 2. The highest BCUT2D eigenvalue weighted by Crippen LogP contribution is 2.29. The van der Waals surface area contributed by atoms with E-state index in [4.69, 9.17) is 37.1 Å². The molecule has 3 rings (SSSR count). The summed E-state index contributed by atoms with van der Waals surface area (Å²) in [6.07, 6.45) is 0. The van der Waals surface area contributed by atoms with E-state index in [-0.39, 0.29) is 6.61 Å². The quantitative estimate of drug-likeness (QED) is 0.671. The fourth-order valence-corrected chi connectivity index (χ4v) is 2.39. The molecule has 0 fully saturated rings. The summed E-state index contributed by atoms with van der Waals surface area (Å²) >= 11 is 12.0. The minimum Gasteiger partial charge on any atom is -0.497 e. The summed E-state index contributed by atoms with van der Waals surface area (Å²) in [5.41, 5.74) is 0.624. The minimum absolute atomic E-state index is 0.157. The predicted molar refractivity (Wildman–Crippen MR) is 87.1 cm³/mol. The molecule has 0 spiro atoms. The highest BCUT2D eigenvalue weighted by atomic mass is 35.5. The van der Waals surface area contributed by atoms with Gasteiger partial charge in [0.1, 0.15) is 11.5 Å². The first-order valence-corrected chi connectivity index (χ1v) is 7.46. The third-order valence-corrected chi connectivity index (χ3v) is 3.60. The number of methoxy groups -OCH3 is 1. The lowest BCUT2D eigenvalue weighted by atomic mass is 10.2. The monoisotopic (exact) mass is 350 g/mol. The van der Waals surface area contributed by atoms with Crippen molar-refractivity contribution in [1.29, 1.82) is 0 Å². The summed E-state index contributed by atoms with van der Waals surface area (Å²) in [6, 6.07) is 12.3. The van der Waals surface area contributed by atoms with Gasteiger partial charge in [0.05, 0.1) is 17.7 Å². The number of hydrogen-bond acceptors (Lipinski definition) is 5. The molecule has 0 N–H and O–H groups in total. The number of rotatable bonds is 5. The van der Waals surface area contributed by atoms with Crippen LogP contribution in [0.4, 0.5) is 0 Å². The van der Waals surface area contributed by atoms with Crippen LogP contribution in [0.5, 0.6) is 11.5 Å². The molecule has 23 heavy (non-hydrogen) atoms. The molecule has 2 aromatic carbocycles. The number of ether oxygens (including phenoxy) is 2. The topological polar surface area (TPSA) is 57.4 Å². The van der Waals surface area contributed by atoms with Crippen LogP contribution < -0.4 is 9.47 Å². The largest absolute Gasteiger partial charge is 0.497 e. The summed E-state index contributed by atoms with van der Waals surface area (Å²) in [4.78, 5) is 0. The molecule has 0 amide bonds. The van der Waals surface area contributed by atoms with Gasteiger partial charge in [0.2, 0.25) is 5.89 Å². The normalized spacial score (nSPS) is 10.6. The second-order valence-corrected chi connectivity index (χ2v) is 5.43. The van der Waals surface area contributed by atoms with E-state index >= 15 is 0 Å². The Balaban J connectivity index is 1.69. The molecule has 1 heterocycles. The zero-order valence-corrected chi connectivity index (χ0v) is 13.6. The average Bonchev–Trinajstić information content (AvgIpc) is 3.02. The van der Waals surface area contributed by atoms with Crippen molar-refractivity contribution in [2.75, 3.05) is 7.11 Å². The smallest absolute Gasteiger partial charge is 0.254 e. The predicted octanol–water partition coefficient (Wildman–Crippen LogP) is 4.63. The van der Waals surface area contributed by atoms with Crippen LogP contribution >= 0.6 is 23.2 Å². The van der Waals surface area contributed by atoms with Crippen molar-refractivity contribution in [2.45, 2.75) is 6.61 Å². The molecule has 0 saturated carbocycles. The van der Waals surface area contributed by atoms with Gasteiger partial charge in [-0.05, 0) is 42.5 Å². The molecule has 0 bridgehead atoms. The molecule has 5 nitrogen and oxygen atoms in total. The first-order chi connectivity index (χ1) is 11.2. The van der Waals surface area contributed by atoms with Crippen molar-refractivity contribution in [1.82, 2.24) is 10.2 Å². The first-order valence-electron chi connectivity index (χ1n) is 6.70. The van der Waals surface area contributed by atoms with E-state index in [1.165, 1.54) is 0 Å². The van der Waals surface area contributed by atoms with Crippen LogP contribution in [0.25, 0.3) is 11.5 Å². The van der Waals surface area contributed by atoms with Gasteiger partial charge in [-0.25, -0.2) is 0 Å². The summed E-state index contributed by atoms with van der Waals surface area (Å²) in [5, 5.41) is 8.91. The van der Waals surface area contributed by atoms with Gasteiger partial charge in [-0.3, -0.25) is 0 Å². The van der Waals surface area contributed by atoms with Gasteiger partial charge in [0.15, 0.2) is 6.61 Å². The van der Waals surface area contributed by atoms with Crippen LogP contribution in [-0.4, -0.2) is 17.3 Å². The Labute approximate surface area is 142 Å². The molecule has 0 aliphatic rings. The first kappa shape index (κ1) is 15.6. The van der Waals surface area contributed by atoms with Crippen molar-refractivity contribution in [2.24, 2.45) is 0 Å². The SMILES string of the molecule is COc1ccc(OCc2nnc(-c3ccc(Cl)cc3Cl)o2)cc1. The van der Waals surface area contributed by atoms with Crippen molar-refractivity contribution in [3.8, 4) is 23.0 Å². The van der Waals surface area contributed by atoms with Gasteiger partial charge in [-0.15, -0.1) is 10.2 Å². The standard InChI is InChI=1S/C16H12Cl2N2O3/c1-21-11-3-5-12(6-4-11)22-9-15-19-20-16(23-15)13-7-2-10(17)8-14(13)18/h2-8H,9H2,1H3. The molecule has 0 atom stereocenters. The lowest BCUT2D eigenvalue weighted by Gasteiger charge is -2.04. The Hall–Kier alpha value is -2.24. The Morgan fingerprint density at radius 1 is 1.00 bits per heavy atom. The summed E-state index contributed by atoms with van der Waals surface area (Å²) in [7, 11) is 1.61. The Kier molecular flexibility index (Phi) is 4.69. The lowest BCUT2D eigenvalue weighted by molar-refractivity contribution is 0.264. The van der Waals surface area contributed by atoms with Gasteiger partial charge in [-0.1, -0.05) is 23.2 Å². The van der Waals surface area contributed by atoms with Crippen LogP contribution in [0.1, 0.15) is 5.89 Å². The third-order valence-electron chi connectivity index (χ3n) is 3.05. The molecule has 3 aromatic rings. The molecule has 0 aliphatic carbocycles. The maximum absolute atomic E-state index is 6.12. The number of nitrogens with zero attached hydrogens (tertiary/aromatic N) is 2. The minimum atomic E-state index is 0.157. The van der Waals surface area contributed by atoms with E-state index in [9.17, 15) is 0 Å². The maximum atomic E-state index is 6.12. The lowest BCUT2D eigenvalue weighted by Crippen LogP contribution is -1.95. The van der Waals surface area contributed by atoms with Crippen LogP contribution in [0.3, 0.4) is 0 Å². The van der Waals surface area contributed by atoms with Crippen molar-refractivity contribution < 1.29 is 13.9 Å². The highest BCUT2D eigenvalue weighted by molar-refractivity contribution is 6.36. The van der Waals surface area contributed by atoms with E-state index in [0.29, 0.717) is 33.1 Å². The Bertz CT molecular complexity index is 803. The fourth-order valence-electron chi connectivity index (χ4n) is 1.90. The van der Waals surface area contributed by atoms with Crippen LogP contribution in [0.15, 0.2) is 46.9 Å². The number of hydrogen-bond donors (Lipinski definition) is 0. The maximum Gasteiger partial charge on any atom is 0.254 e. The van der Waals surface area contributed by atoms with Gasteiger partial charge in [0.25, 0.3) is 5.89 Å². The summed E-state index contributed by atoms with van der Waals surface area (Å²) < 4.78 is 16.2. The van der Waals surface area contributed by atoms with Crippen molar-refractivity contribution in [3.63, 3.8) is 0 Å². The summed E-state index contributed by atoms with van der Waals surface area (Å²) in [6.45, 7) is 0.157. The van der Waals surface area contributed by atoms with E-state index < -0.39 is 0 Å². The van der Waals surface area contributed by atoms with Gasteiger partial charge >= 0.3 is 0 Å². The molecule has 7 heteroatoms. The number of halogens is 2. The van der Waals surface area contributed by atoms with Gasteiger partial charge in [0, 0.05) is 5.02 Å². The van der Waals surface area contributed by atoms with E-state index in [1.54, 1.807) is 37.4 Å².